The summed E-state index contributed by atoms with van der Waals surface area (Å²) in [6.07, 6.45) is 0.711. The van der Waals surface area contributed by atoms with Crippen LogP contribution in [0.15, 0.2) is 54.6 Å². The summed E-state index contributed by atoms with van der Waals surface area (Å²) in [7, 11) is 0. The molecule has 2 rings (SSSR count). The van der Waals surface area contributed by atoms with Crippen LogP contribution in [0, 0.1) is 11.3 Å². The largest absolute Gasteiger partial charge is 0.480 e. The molecule has 0 heterocycles. The molecule has 0 aliphatic rings. The first kappa shape index (κ1) is 14.8. The van der Waals surface area contributed by atoms with Crippen molar-refractivity contribution >= 4 is 5.97 Å². The molecule has 0 unspecified atom stereocenters. The van der Waals surface area contributed by atoms with E-state index in [9.17, 15) is 9.90 Å². The van der Waals surface area contributed by atoms with E-state index in [4.69, 9.17) is 5.26 Å². The molecular weight excluding hydrogens is 264 g/mol. The number of rotatable bonds is 6. The van der Waals surface area contributed by atoms with E-state index < -0.39 is 12.0 Å². The molecule has 2 aromatic rings. The van der Waals surface area contributed by atoms with Gasteiger partial charge in [0.25, 0.3) is 0 Å². The highest BCUT2D eigenvalue weighted by molar-refractivity contribution is 5.75. The van der Waals surface area contributed by atoms with Crippen LogP contribution in [0.4, 0.5) is 0 Å². The monoisotopic (exact) mass is 280 g/mol. The van der Waals surface area contributed by atoms with Gasteiger partial charge in [0.2, 0.25) is 0 Å². The normalized spacial score (nSPS) is 11.6. The maximum Gasteiger partial charge on any atom is 0.325 e. The average Bonchev–Trinajstić information content (AvgIpc) is 2.52. The van der Waals surface area contributed by atoms with Crippen LogP contribution in [0.5, 0.6) is 0 Å². The second-order valence-corrected chi connectivity index (χ2v) is 4.69. The molecule has 0 bridgehead atoms. The number of carboxylic acid groups (broad SMARTS) is 1. The maximum atomic E-state index is 11.3. The highest BCUT2D eigenvalue weighted by Crippen LogP contribution is 2.13. The molecule has 106 valence electrons. The van der Waals surface area contributed by atoms with Crippen LogP contribution >= 0.6 is 0 Å². The standard InChI is InChI=1S/C17H16N2O2/c18-12-14-8-6-13(7-9-14)10-11-19-16(17(20)21)15-4-2-1-3-5-15/h1-9,16,19H,10-11H2,(H,20,21)/t16-/m0/s1. The Morgan fingerprint density at radius 2 is 1.81 bits per heavy atom. The molecule has 0 aliphatic heterocycles. The predicted octanol–water partition coefficient (Wildman–Crippen LogP) is 2.52. The molecule has 0 aliphatic carbocycles. The quantitative estimate of drug-likeness (QED) is 0.852. The average molecular weight is 280 g/mol. The first-order valence-electron chi connectivity index (χ1n) is 6.71. The molecule has 1 atom stereocenters. The predicted molar refractivity (Wildman–Crippen MR) is 79.7 cm³/mol. The lowest BCUT2D eigenvalue weighted by atomic mass is 10.1. The number of aliphatic carboxylic acids is 1. The van der Waals surface area contributed by atoms with Crippen molar-refractivity contribution in [3.63, 3.8) is 0 Å². The van der Waals surface area contributed by atoms with Crippen molar-refractivity contribution in [1.82, 2.24) is 5.32 Å². The Morgan fingerprint density at radius 1 is 1.14 bits per heavy atom. The Kier molecular flexibility index (Phi) is 5.08. The molecule has 2 aromatic carbocycles. The van der Waals surface area contributed by atoms with Crippen molar-refractivity contribution in [2.75, 3.05) is 6.54 Å². The van der Waals surface area contributed by atoms with Gasteiger partial charge in [-0.2, -0.15) is 5.26 Å². The summed E-state index contributed by atoms with van der Waals surface area (Å²) in [4.78, 5) is 11.3. The molecule has 21 heavy (non-hydrogen) atoms. The Labute approximate surface area is 123 Å². The maximum absolute atomic E-state index is 11.3. The van der Waals surface area contributed by atoms with Gasteiger partial charge < -0.3 is 10.4 Å². The molecule has 0 aromatic heterocycles. The van der Waals surface area contributed by atoms with Crippen molar-refractivity contribution in [2.24, 2.45) is 0 Å². The van der Waals surface area contributed by atoms with Gasteiger partial charge in [-0.1, -0.05) is 42.5 Å². The number of hydrogen-bond acceptors (Lipinski definition) is 3. The van der Waals surface area contributed by atoms with Crippen LogP contribution in [0.1, 0.15) is 22.7 Å². The molecule has 0 saturated heterocycles. The molecule has 2 N–H and O–H groups in total. The number of hydrogen-bond donors (Lipinski definition) is 2. The molecule has 4 heteroatoms. The Hall–Kier alpha value is -2.64. The lowest BCUT2D eigenvalue weighted by Gasteiger charge is -2.14. The summed E-state index contributed by atoms with van der Waals surface area (Å²) >= 11 is 0. The first-order valence-corrected chi connectivity index (χ1v) is 6.71. The number of carbonyl (C=O) groups is 1. The van der Waals surface area contributed by atoms with Crippen molar-refractivity contribution < 1.29 is 9.90 Å². The number of nitrogens with zero attached hydrogens (tertiary/aromatic N) is 1. The Morgan fingerprint density at radius 3 is 2.38 bits per heavy atom. The fourth-order valence-corrected chi connectivity index (χ4v) is 2.10. The Bertz CT molecular complexity index is 630. The van der Waals surface area contributed by atoms with Gasteiger partial charge in [0.1, 0.15) is 6.04 Å². The van der Waals surface area contributed by atoms with E-state index in [2.05, 4.69) is 11.4 Å². The number of nitrogens with one attached hydrogen (secondary N) is 1. The highest BCUT2D eigenvalue weighted by atomic mass is 16.4. The zero-order valence-corrected chi connectivity index (χ0v) is 11.5. The van der Waals surface area contributed by atoms with E-state index in [1.807, 2.05) is 30.3 Å². The van der Waals surface area contributed by atoms with Crippen LogP contribution < -0.4 is 5.32 Å². The summed E-state index contributed by atoms with van der Waals surface area (Å²) in [6, 6.07) is 17.8. The van der Waals surface area contributed by atoms with Gasteiger partial charge in [0.05, 0.1) is 11.6 Å². The SMILES string of the molecule is N#Cc1ccc(CCN[C@H](C(=O)O)c2ccccc2)cc1. The van der Waals surface area contributed by atoms with E-state index >= 15 is 0 Å². The van der Waals surface area contributed by atoms with Crippen LogP contribution in [0.25, 0.3) is 0 Å². The second-order valence-electron chi connectivity index (χ2n) is 4.69. The Balaban J connectivity index is 1.93. The third-order valence-electron chi connectivity index (χ3n) is 3.23. The van der Waals surface area contributed by atoms with E-state index in [0.29, 0.717) is 18.5 Å². The summed E-state index contributed by atoms with van der Waals surface area (Å²) in [6.45, 7) is 0.553. The van der Waals surface area contributed by atoms with Crippen LogP contribution in [0.2, 0.25) is 0 Å². The lowest BCUT2D eigenvalue weighted by molar-refractivity contribution is -0.139. The van der Waals surface area contributed by atoms with Crippen molar-refractivity contribution in [3.05, 3.63) is 71.3 Å². The van der Waals surface area contributed by atoms with Crippen LogP contribution in [-0.2, 0) is 11.2 Å². The molecule has 0 fully saturated rings. The molecule has 0 amide bonds. The second kappa shape index (κ2) is 7.22. The summed E-state index contributed by atoms with van der Waals surface area (Å²) < 4.78 is 0. The fourth-order valence-electron chi connectivity index (χ4n) is 2.10. The van der Waals surface area contributed by atoms with Gasteiger partial charge in [-0.3, -0.25) is 4.79 Å². The van der Waals surface area contributed by atoms with Gasteiger partial charge in [0.15, 0.2) is 0 Å². The number of benzene rings is 2. The topological polar surface area (TPSA) is 73.1 Å². The third kappa shape index (κ3) is 4.16. The minimum atomic E-state index is -0.888. The van der Waals surface area contributed by atoms with Gasteiger partial charge in [-0.05, 0) is 29.7 Å². The minimum Gasteiger partial charge on any atom is -0.480 e. The molecule has 0 saturated carbocycles. The molecule has 0 radical (unpaired) electrons. The molecule has 4 nitrogen and oxygen atoms in total. The van der Waals surface area contributed by atoms with E-state index in [1.165, 1.54) is 0 Å². The zero-order valence-electron chi connectivity index (χ0n) is 11.5. The van der Waals surface area contributed by atoms with Crippen molar-refractivity contribution in [2.45, 2.75) is 12.5 Å². The van der Waals surface area contributed by atoms with Crippen molar-refractivity contribution in [3.8, 4) is 6.07 Å². The molecular formula is C17H16N2O2. The minimum absolute atomic E-state index is 0.553. The molecule has 0 spiro atoms. The lowest BCUT2D eigenvalue weighted by Crippen LogP contribution is -2.30. The summed E-state index contributed by atoms with van der Waals surface area (Å²) in [5, 5.41) is 21.1. The zero-order chi connectivity index (χ0) is 15.1. The summed E-state index contributed by atoms with van der Waals surface area (Å²) in [5.74, 6) is -0.888. The van der Waals surface area contributed by atoms with Crippen LogP contribution in [-0.4, -0.2) is 17.6 Å². The van der Waals surface area contributed by atoms with Crippen molar-refractivity contribution in [1.29, 1.82) is 5.26 Å². The van der Waals surface area contributed by atoms with E-state index in [1.54, 1.807) is 24.3 Å². The fraction of sp³-hybridized carbons (Fsp3) is 0.176. The number of nitriles is 1. The highest BCUT2D eigenvalue weighted by Gasteiger charge is 2.18. The smallest absolute Gasteiger partial charge is 0.325 e. The van der Waals surface area contributed by atoms with Gasteiger partial charge in [-0.15, -0.1) is 0 Å². The van der Waals surface area contributed by atoms with Crippen LogP contribution in [0.3, 0.4) is 0 Å². The van der Waals surface area contributed by atoms with E-state index in [0.717, 1.165) is 11.1 Å². The first-order chi connectivity index (χ1) is 10.2. The number of carboxylic acids is 1. The van der Waals surface area contributed by atoms with E-state index in [-0.39, 0.29) is 0 Å². The van der Waals surface area contributed by atoms with Gasteiger partial charge in [0, 0.05) is 6.54 Å². The van der Waals surface area contributed by atoms with Gasteiger partial charge in [-0.25, -0.2) is 0 Å². The third-order valence-corrected chi connectivity index (χ3v) is 3.23. The summed E-state index contributed by atoms with van der Waals surface area (Å²) in [5.41, 5.74) is 2.43. The van der Waals surface area contributed by atoms with Gasteiger partial charge >= 0.3 is 5.97 Å².